The van der Waals surface area contributed by atoms with Crippen LogP contribution in [-0.2, 0) is 23.7 Å². The molecule has 2 aliphatic carbocycles. The summed E-state index contributed by atoms with van der Waals surface area (Å²) in [7, 11) is 0. The summed E-state index contributed by atoms with van der Waals surface area (Å²) in [6.45, 7) is 9.48. The van der Waals surface area contributed by atoms with E-state index in [4.69, 9.17) is 28.8 Å². The summed E-state index contributed by atoms with van der Waals surface area (Å²) in [6.07, 6.45) is 10.9. The van der Waals surface area contributed by atoms with E-state index in [1.54, 1.807) is 0 Å². The molecule has 4 rings (SSSR count). The second-order valence-electron chi connectivity index (χ2n) is 9.05. The molecule has 2 heterocycles. The lowest BCUT2D eigenvalue weighted by Crippen LogP contribution is -2.36. The smallest absolute Gasteiger partial charge is 0.168 e. The Hall–Kier alpha value is 0.490. The Morgan fingerprint density at radius 2 is 1.19 bits per heavy atom. The molecule has 0 aromatic heterocycles. The molecule has 0 bridgehead atoms. The van der Waals surface area contributed by atoms with E-state index in [2.05, 4.69) is 36.4 Å². The first kappa shape index (κ1) is 27.7. The number of alkyl halides is 1. The number of aliphatic hydroxyl groups excluding tert-OH is 1. The molecule has 31 heavy (non-hydrogen) atoms. The summed E-state index contributed by atoms with van der Waals surface area (Å²) in [5.41, 5.74) is 0. The maximum Gasteiger partial charge on any atom is 0.168 e. The van der Waals surface area contributed by atoms with Crippen LogP contribution in [0.25, 0.3) is 0 Å². The molecule has 2 saturated heterocycles. The van der Waals surface area contributed by atoms with Crippen molar-refractivity contribution < 1.29 is 28.8 Å². The Kier molecular flexibility index (Phi) is 13.8. The average Bonchev–Trinajstić information content (AvgIpc) is 3.47. The van der Waals surface area contributed by atoms with Crippen molar-refractivity contribution in [2.75, 3.05) is 50.7 Å². The number of rotatable bonds is 6. The fourth-order valence-corrected chi connectivity index (χ4v) is 4.55. The molecule has 1 N–H and O–H groups in total. The van der Waals surface area contributed by atoms with Gasteiger partial charge in [-0.2, -0.15) is 0 Å². The van der Waals surface area contributed by atoms with Crippen LogP contribution >= 0.6 is 22.6 Å². The van der Waals surface area contributed by atoms with Crippen molar-refractivity contribution in [1.29, 1.82) is 0 Å². The number of aliphatic hydroxyl groups is 1. The number of hydrogen-bond donors (Lipinski definition) is 1. The Labute approximate surface area is 203 Å². The van der Waals surface area contributed by atoms with Crippen LogP contribution in [0.15, 0.2) is 0 Å². The zero-order valence-corrected chi connectivity index (χ0v) is 21.9. The van der Waals surface area contributed by atoms with Gasteiger partial charge in [-0.1, -0.05) is 36.4 Å². The molecule has 2 aliphatic heterocycles. The monoisotopic (exact) mass is 556 g/mol. The molecule has 6 nitrogen and oxygen atoms in total. The minimum Gasteiger partial charge on any atom is -0.396 e. The van der Waals surface area contributed by atoms with Gasteiger partial charge in [0, 0.05) is 45.5 Å². The van der Waals surface area contributed by atoms with Crippen molar-refractivity contribution in [1.82, 2.24) is 0 Å². The molecule has 7 heteroatoms. The summed E-state index contributed by atoms with van der Waals surface area (Å²) in [6, 6.07) is 0. The highest BCUT2D eigenvalue weighted by Crippen LogP contribution is 2.39. The van der Waals surface area contributed by atoms with Crippen molar-refractivity contribution >= 4 is 22.6 Å². The predicted molar refractivity (Wildman–Crippen MR) is 131 cm³/mol. The lowest BCUT2D eigenvalue weighted by Gasteiger charge is -2.35. The normalized spacial score (nSPS) is 26.9. The van der Waals surface area contributed by atoms with Gasteiger partial charge in [-0.3, -0.25) is 0 Å². The third kappa shape index (κ3) is 9.71. The van der Waals surface area contributed by atoms with Gasteiger partial charge in [-0.05, 0) is 54.8 Å². The minimum absolute atomic E-state index is 0.207. The molecular weight excluding hydrogens is 511 g/mol. The van der Waals surface area contributed by atoms with Crippen molar-refractivity contribution in [3.8, 4) is 0 Å². The van der Waals surface area contributed by atoms with Gasteiger partial charge in [0.05, 0.1) is 26.4 Å². The molecule has 2 saturated carbocycles. The van der Waals surface area contributed by atoms with Gasteiger partial charge >= 0.3 is 0 Å². The van der Waals surface area contributed by atoms with E-state index in [1.165, 1.54) is 23.7 Å². The molecule has 0 radical (unpaired) electrons. The zero-order chi connectivity index (χ0) is 22.4. The first-order valence-corrected chi connectivity index (χ1v) is 13.9. The second-order valence-corrected chi connectivity index (χ2v) is 10.1. The maximum atomic E-state index is 8.94. The van der Waals surface area contributed by atoms with Gasteiger partial charge in [0.2, 0.25) is 0 Å². The lowest BCUT2D eigenvalue weighted by atomic mass is 9.85. The van der Waals surface area contributed by atoms with Crippen LogP contribution in [-0.4, -0.2) is 67.4 Å². The third-order valence-corrected chi connectivity index (χ3v) is 7.59. The Balaban J connectivity index is 0.000000192. The van der Waals surface area contributed by atoms with Crippen LogP contribution in [0.5, 0.6) is 0 Å². The SMILES string of the molecule is CCCI.CCCOCC1CCC2(CC1)OCCO2.OCC1CCC2(CC1)OCCO2. The van der Waals surface area contributed by atoms with E-state index in [9.17, 15) is 0 Å². The summed E-state index contributed by atoms with van der Waals surface area (Å²) in [5.74, 6) is 0.728. The topological polar surface area (TPSA) is 66.4 Å². The molecular formula is C24H45IO6. The minimum atomic E-state index is -0.258. The van der Waals surface area contributed by atoms with E-state index in [1.807, 2.05) is 0 Å². The predicted octanol–water partition coefficient (Wildman–Crippen LogP) is 5.09. The van der Waals surface area contributed by atoms with E-state index in [0.29, 0.717) is 12.5 Å². The second kappa shape index (κ2) is 15.4. The standard InChI is InChI=1S/C12H22O3.C9H16O3.C3H7I/c1-2-7-13-10-11-3-5-12(6-4-11)14-8-9-15-12;10-7-8-1-3-9(4-2-8)11-5-6-12-9;1-2-3-4/h11H,2-10H2,1H3;8,10H,1-7H2;2-3H2,1H3. The van der Waals surface area contributed by atoms with Gasteiger partial charge in [-0.25, -0.2) is 0 Å². The maximum absolute atomic E-state index is 8.94. The quantitative estimate of drug-likeness (QED) is 0.280. The Morgan fingerprint density at radius 1 is 0.774 bits per heavy atom. The van der Waals surface area contributed by atoms with E-state index >= 15 is 0 Å². The first-order valence-electron chi connectivity index (χ1n) is 12.4. The fraction of sp³-hybridized carbons (Fsp3) is 1.00. The highest BCUT2D eigenvalue weighted by atomic mass is 127. The number of ether oxygens (including phenoxy) is 5. The molecule has 184 valence electrons. The highest BCUT2D eigenvalue weighted by Gasteiger charge is 2.41. The average molecular weight is 557 g/mol. The Bertz CT molecular complexity index is 429. The van der Waals surface area contributed by atoms with Crippen molar-refractivity contribution in [2.24, 2.45) is 11.8 Å². The van der Waals surface area contributed by atoms with Crippen LogP contribution < -0.4 is 0 Å². The van der Waals surface area contributed by atoms with Crippen LogP contribution in [0.2, 0.25) is 0 Å². The zero-order valence-electron chi connectivity index (χ0n) is 19.7. The van der Waals surface area contributed by atoms with Crippen LogP contribution in [0.1, 0.15) is 78.1 Å². The fourth-order valence-electron chi connectivity index (χ4n) is 4.55. The van der Waals surface area contributed by atoms with E-state index in [0.717, 1.165) is 90.5 Å². The Morgan fingerprint density at radius 3 is 1.55 bits per heavy atom. The molecule has 0 unspecified atom stereocenters. The van der Waals surface area contributed by atoms with Crippen molar-refractivity contribution in [3.63, 3.8) is 0 Å². The molecule has 0 atom stereocenters. The molecule has 0 aromatic carbocycles. The molecule has 4 aliphatic rings. The summed E-state index contributed by atoms with van der Waals surface area (Å²) in [4.78, 5) is 0. The molecule has 4 fully saturated rings. The van der Waals surface area contributed by atoms with E-state index < -0.39 is 0 Å². The van der Waals surface area contributed by atoms with Crippen molar-refractivity contribution in [3.05, 3.63) is 0 Å². The number of halogens is 1. The third-order valence-electron chi connectivity index (χ3n) is 6.51. The molecule has 0 amide bonds. The highest BCUT2D eigenvalue weighted by molar-refractivity contribution is 14.1. The molecule has 2 spiro atoms. The molecule has 0 aromatic rings. The summed E-state index contributed by atoms with van der Waals surface area (Å²) in [5, 5.41) is 8.94. The van der Waals surface area contributed by atoms with Crippen LogP contribution in [0.3, 0.4) is 0 Å². The van der Waals surface area contributed by atoms with Gasteiger partial charge in [0.15, 0.2) is 11.6 Å². The van der Waals surface area contributed by atoms with E-state index in [-0.39, 0.29) is 11.6 Å². The summed E-state index contributed by atoms with van der Waals surface area (Å²) < 4.78 is 29.4. The van der Waals surface area contributed by atoms with Gasteiger partial charge in [0.25, 0.3) is 0 Å². The van der Waals surface area contributed by atoms with Crippen molar-refractivity contribution in [2.45, 2.75) is 89.6 Å². The van der Waals surface area contributed by atoms with Gasteiger partial charge in [0.1, 0.15) is 0 Å². The largest absolute Gasteiger partial charge is 0.396 e. The first-order chi connectivity index (χ1) is 15.1. The van der Waals surface area contributed by atoms with Crippen LogP contribution in [0.4, 0.5) is 0 Å². The van der Waals surface area contributed by atoms with Gasteiger partial charge < -0.3 is 28.8 Å². The summed E-state index contributed by atoms with van der Waals surface area (Å²) >= 11 is 2.35. The lowest BCUT2D eigenvalue weighted by molar-refractivity contribution is -0.184. The van der Waals surface area contributed by atoms with Crippen LogP contribution in [0, 0.1) is 11.8 Å². The number of hydrogen-bond acceptors (Lipinski definition) is 6. The van der Waals surface area contributed by atoms with Gasteiger partial charge in [-0.15, -0.1) is 0 Å².